The van der Waals surface area contributed by atoms with Crippen LogP contribution >= 0.6 is 23.2 Å². The van der Waals surface area contributed by atoms with Gasteiger partial charge in [-0.15, -0.1) is 0 Å². The first-order valence-electron chi connectivity index (χ1n) is 7.13. The monoisotopic (exact) mass is 314 g/mol. The Bertz CT molecular complexity index is 457. The first-order chi connectivity index (χ1) is 9.66. The summed E-state index contributed by atoms with van der Waals surface area (Å²) in [6, 6.07) is 5.40. The van der Waals surface area contributed by atoms with Gasteiger partial charge >= 0.3 is 0 Å². The second-order valence-corrected chi connectivity index (χ2v) is 5.92. The summed E-state index contributed by atoms with van der Waals surface area (Å²) < 4.78 is 0. The second kappa shape index (κ2) is 7.75. The Hall–Kier alpha value is -0.930. The van der Waals surface area contributed by atoms with E-state index >= 15 is 0 Å². The number of halogens is 2. The van der Waals surface area contributed by atoms with E-state index in [1.54, 1.807) is 12.1 Å². The molecule has 0 aromatic heterocycles. The number of nitrogens with zero attached hydrogens (tertiary/aromatic N) is 1. The van der Waals surface area contributed by atoms with Gasteiger partial charge in [0.15, 0.2) is 0 Å². The van der Waals surface area contributed by atoms with Gasteiger partial charge in [0.25, 0.3) is 0 Å². The number of hydrogen-bond acceptors (Lipinski definition) is 2. The van der Waals surface area contributed by atoms with Crippen LogP contribution in [0.25, 0.3) is 0 Å². The van der Waals surface area contributed by atoms with Crippen molar-refractivity contribution >= 4 is 34.8 Å². The van der Waals surface area contributed by atoms with Gasteiger partial charge < -0.3 is 10.2 Å². The molecule has 5 heteroatoms. The lowest BCUT2D eigenvalue weighted by atomic mass is 10.2. The standard InChI is InChI=1S/C15H20Cl2N2O/c16-13-6-5-12(11-14(13)17)18-8-7-15(20)19-9-3-1-2-4-10-19/h5-6,11,18H,1-4,7-10H2. The topological polar surface area (TPSA) is 32.3 Å². The molecule has 0 aliphatic carbocycles. The Morgan fingerprint density at radius 2 is 1.80 bits per heavy atom. The third-order valence-electron chi connectivity index (χ3n) is 3.55. The molecule has 2 rings (SSSR count). The Balaban J connectivity index is 1.76. The van der Waals surface area contributed by atoms with E-state index in [1.807, 2.05) is 11.0 Å². The van der Waals surface area contributed by atoms with Crippen molar-refractivity contribution in [1.29, 1.82) is 0 Å². The number of nitrogens with one attached hydrogen (secondary N) is 1. The molecule has 0 atom stereocenters. The first-order valence-corrected chi connectivity index (χ1v) is 7.89. The molecule has 1 amide bonds. The molecule has 1 N–H and O–H groups in total. The van der Waals surface area contributed by atoms with Gasteiger partial charge in [-0.3, -0.25) is 4.79 Å². The molecular weight excluding hydrogens is 295 g/mol. The van der Waals surface area contributed by atoms with E-state index in [-0.39, 0.29) is 5.91 Å². The van der Waals surface area contributed by atoms with Crippen LogP contribution in [0.5, 0.6) is 0 Å². The van der Waals surface area contributed by atoms with Crippen molar-refractivity contribution < 1.29 is 4.79 Å². The predicted molar refractivity (Wildman–Crippen MR) is 84.6 cm³/mol. The van der Waals surface area contributed by atoms with E-state index in [4.69, 9.17) is 23.2 Å². The fraction of sp³-hybridized carbons (Fsp3) is 0.533. The molecule has 0 radical (unpaired) electrons. The quantitative estimate of drug-likeness (QED) is 0.903. The first kappa shape index (κ1) is 15.5. The Kier molecular flexibility index (Phi) is 5.99. The Morgan fingerprint density at radius 1 is 1.10 bits per heavy atom. The summed E-state index contributed by atoms with van der Waals surface area (Å²) in [6.07, 6.45) is 5.26. The zero-order valence-corrected chi connectivity index (χ0v) is 13.0. The average molecular weight is 315 g/mol. The van der Waals surface area contributed by atoms with Crippen molar-refractivity contribution in [3.8, 4) is 0 Å². The zero-order chi connectivity index (χ0) is 14.4. The van der Waals surface area contributed by atoms with Crippen LogP contribution in [-0.4, -0.2) is 30.4 Å². The van der Waals surface area contributed by atoms with Crippen LogP contribution < -0.4 is 5.32 Å². The van der Waals surface area contributed by atoms with Crippen LogP contribution in [-0.2, 0) is 4.79 Å². The highest BCUT2D eigenvalue weighted by molar-refractivity contribution is 6.42. The highest BCUT2D eigenvalue weighted by Gasteiger charge is 2.14. The molecule has 0 spiro atoms. The molecular formula is C15H20Cl2N2O. The van der Waals surface area contributed by atoms with Crippen LogP contribution in [0.4, 0.5) is 5.69 Å². The van der Waals surface area contributed by atoms with Crippen molar-refractivity contribution in [3.63, 3.8) is 0 Å². The molecule has 1 aliphatic rings. The minimum atomic E-state index is 0.236. The summed E-state index contributed by atoms with van der Waals surface area (Å²) in [5.41, 5.74) is 0.892. The molecule has 1 heterocycles. The molecule has 1 fully saturated rings. The average Bonchev–Trinajstić information content (AvgIpc) is 2.71. The van der Waals surface area contributed by atoms with Crippen LogP contribution in [0.1, 0.15) is 32.1 Å². The van der Waals surface area contributed by atoms with E-state index in [0.717, 1.165) is 31.6 Å². The van der Waals surface area contributed by atoms with E-state index < -0.39 is 0 Å². The Labute approximate surface area is 130 Å². The maximum Gasteiger partial charge on any atom is 0.224 e. The van der Waals surface area contributed by atoms with Gasteiger partial charge in [0.2, 0.25) is 5.91 Å². The number of benzene rings is 1. The lowest BCUT2D eigenvalue weighted by Crippen LogP contribution is -2.32. The highest BCUT2D eigenvalue weighted by atomic mass is 35.5. The second-order valence-electron chi connectivity index (χ2n) is 5.10. The third-order valence-corrected chi connectivity index (χ3v) is 4.29. The van der Waals surface area contributed by atoms with Gasteiger partial charge in [0.05, 0.1) is 10.0 Å². The molecule has 0 saturated carbocycles. The van der Waals surface area contributed by atoms with Crippen molar-refractivity contribution in [1.82, 2.24) is 4.90 Å². The van der Waals surface area contributed by atoms with Crippen LogP contribution in [0.15, 0.2) is 18.2 Å². The lowest BCUT2D eigenvalue weighted by molar-refractivity contribution is -0.130. The molecule has 0 bridgehead atoms. The summed E-state index contributed by atoms with van der Waals surface area (Å²) in [5, 5.41) is 4.27. The summed E-state index contributed by atoms with van der Waals surface area (Å²) >= 11 is 11.8. The van der Waals surface area contributed by atoms with Crippen LogP contribution in [0, 0.1) is 0 Å². The Morgan fingerprint density at radius 3 is 2.45 bits per heavy atom. The molecule has 110 valence electrons. The molecule has 20 heavy (non-hydrogen) atoms. The largest absolute Gasteiger partial charge is 0.384 e. The molecule has 3 nitrogen and oxygen atoms in total. The van der Waals surface area contributed by atoms with Gasteiger partial charge in [-0.2, -0.15) is 0 Å². The van der Waals surface area contributed by atoms with Crippen LogP contribution in [0.3, 0.4) is 0 Å². The molecule has 1 aliphatic heterocycles. The number of anilines is 1. The fourth-order valence-electron chi connectivity index (χ4n) is 2.40. The maximum absolute atomic E-state index is 12.1. The minimum Gasteiger partial charge on any atom is -0.384 e. The van der Waals surface area contributed by atoms with E-state index in [9.17, 15) is 4.79 Å². The van der Waals surface area contributed by atoms with E-state index in [0.29, 0.717) is 23.0 Å². The van der Waals surface area contributed by atoms with Gasteiger partial charge in [-0.1, -0.05) is 36.0 Å². The van der Waals surface area contributed by atoms with Gasteiger partial charge in [0, 0.05) is 31.7 Å². The smallest absolute Gasteiger partial charge is 0.224 e. The molecule has 0 unspecified atom stereocenters. The summed E-state index contributed by atoms with van der Waals surface area (Å²) in [6.45, 7) is 2.44. The SMILES string of the molecule is O=C(CCNc1ccc(Cl)c(Cl)c1)N1CCCCCC1. The number of carbonyl (C=O) groups is 1. The van der Waals surface area contributed by atoms with E-state index in [1.165, 1.54) is 12.8 Å². The van der Waals surface area contributed by atoms with Crippen molar-refractivity contribution in [3.05, 3.63) is 28.2 Å². The molecule has 1 saturated heterocycles. The van der Waals surface area contributed by atoms with Crippen molar-refractivity contribution in [2.45, 2.75) is 32.1 Å². The van der Waals surface area contributed by atoms with Gasteiger partial charge in [-0.25, -0.2) is 0 Å². The highest BCUT2D eigenvalue weighted by Crippen LogP contribution is 2.24. The third kappa shape index (κ3) is 4.57. The molecule has 1 aromatic rings. The minimum absolute atomic E-state index is 0.236. The number of amides is 1. The summed E-state index contributed by atoms with van der Waals surface area (Å²) in [5.74, 6) is 0.236. The van der Waals surface area contributed by atoms with Gasteiger partial charge in [-0.05, 0) is 31.0 Å². The van der Waals surface area contributed by atoms with E-state index in [2.05, 4.69) is 5.32 Å². The number of hydrogen-bond donors (Lipinski definition) is 1. The number of carbonyl (C=O) groups excluding carboxylic acids is 1. The fourth-order valence-corrected chi connectivity index (χ4v) is 2.70. The van der Waals surface area contributed by atoms with Crippen molar-refractivity contribution in [2.75, 3.05) is 25.0 Å². The van der Waals surface area contributed by atoms with Gasteiger partial charge in [0.1, 0.15) is 0 Å². The van der Waals surface area contributed by atoms with Crippen LogP contribution in [0.2, 0.25) is 10.0 Å². The number of rotatable bonds is 4. The predicted octanol–water partition coefficient (Wildman–Crippen LogP) is 4.20. The normalized spacial score (nSPS) is 15.8. The lowest BCUT2D eigenvalue weighted by Gasteiger charge is -2.20. The maximum atomic E-state index is 12.1. The summed E-state index contributed by atoms with van der Waals surface area (Å²) in [7, 11) is 0. The van der Waals surface area contributed by atoms with Crippen molar-refractivity contribution in [2.24, 2.45) is 0 Å². The summed E-state index contributed by atoms with van der Waals surface area (Å²) in [4.78, 5) is 14.1. The number of likely N-dealkylation sites (tertiary alicyclic amines) is 1. The zero-order valence-electron chi connectivity index (χ0n) is 11.5. The molecule has 1 aromatic carbocycles.